The highest BCUT2D eigenvalue weighted by Gasteiger charge is 2.36. The molecule has 1 atom stereocenters. The quantitative estimate of drug-likeness (QED) is 0.769. The lowest BCUT2D eigenvalue weighted by Gasteiger charge is -2.44. The Morgan fingerprint density at radius 3 is 2.67 bits per heavy atom. The maximum Gasteiger partial charge on any atom is 0.266 e. The topological polar surface area (TPSA) is 85.8 Å². The molecule has 0 bridgehead atoms. The standard InChI is InChI=1S/C21H31N5O3S/c1-15-20(30-14-23-15)21(29)26-8-3-2-4-17(26)16-5-9-25(10-6-16)19(28)13-24-11-7-22-18(27)12-24/h14,16-17H,2-13H2,1H3,(H,22,27)/t17-/m1/s1. The summed E-state index contributed by atoms with van der Waals surface area (Å²) < 4.78 is 0. The number of thiazole rings is 1. The fraction of sp³-hybridized carbons (Fsp3) is 0.714. The van der Waals surface area contributed by atoms with E-state index in [-0.39, 0.29) is 23.8 Å². The highest BCUT2D eigenvalue weighted by Crippen LogP contribution is 2.32. The molecule has 3 aliphatic heterocycles. The zero-order chi connectivity index (χ0) is 21.1. The van der Waals surface area contributed by atoms with Crippen LogP contribution < -0.4 is 5.32 Å². The number of hydrogen-bond acceptors (Lipinski definition) is 6. The van der Waals surface area contributed by atoms with Gasteiger partial charge in [-0.3, -0.25) is 19.3 Å². The molecule has 3 aliphatic rings. The Kier molecular flexibility index (Phi) is 6.67. The Hall–Kier alpha value is -2.00. The van der Waals surface area contributed by atoms with Gasteiger partial charge < -0.3 is 15.1 Å². The van der Waals surface area contributed by atoms with Gasteiger partial charge in [-0.25, -0.2) is 4.98 Å². The highest BCUT2D eigenvalue weighted by molar-refractivity contribution is 7.11. The van der Waals surface area contributed by atoms with Crippen molar-refractivity contribution in [2.45, 2.75) is 45.1 Å². The molecule has 3 amide bonds. The summed E-state index contributed by atoms with van der Waals surface area (Å²) in [7, 11) is 0. The predicted molar refractivity (Wildman–Crippen MR) is 114 cm³/mol. The second kappa shape index (κ2) is 9.43. The van der Waals surface area contributed by atoms with E-state index in [2.05, 4.69) is 15.2 Å². The monoisotopic (exact) mass is 433 g/mol. The van der Waals surface area contributed by atoms with Crippen molar-refractivity contribution in [1.82, 2.24) is 25.0 Å². The molecule has 1 aromatic rings. The molecule has 8 nitrogen and oxygen atoms in total. The van der Waals surface area contributed by atoms with Crippen molar-refractivity contribution in [2.24, 2.45) is 5.92 Å². The number of amides is 3. The smallest absolute Gasteiger partial charge is 0.266 e. The molecule has 0 radical (unpaired) electrons. The number of piperidine rings is 2. The number of carbonyl (C=O) groups excluding carboxylic acids is 3. The number of rotatable bonds is 4. The zero-order valence-corrected chi connectivity index (χ0v) is 18.5. The zero-order valence-electron chi connectivity index (χ0n) is 17.6. The molecule has 0 spiro atoms. The summed E-state index contributed by atoms with van der Waals surface area (Å²) >= 11 is 1.43. The van der Waals surface area contributed by atoms with E-state index >= 15 is 0 Å². The van der Waals surface area contributed by atoms with Gasteiger partial charge in [-0.05, 0) is 44.9 Å². The summed E-state index contributed by atoms with van der Waals surface area (Å²) in [5, 5.41) is 2.79. The highest BCUT2D eigenvalue weighted by atomic mass is 32.1. The molecule has 164 valence electrons. The van der Waals surface area contributed by atoms with Gasteiger partial charge >= 0.3 is 0 Å². The predicted octanol–water partition coefficient (Wildman–Crippen LogP) is 1.12. The van der Waals surface area contributed by atoms with E-state index in [1.54, 1.807) is 5.51 Å². The van der Waals surface area contributed by atoms with Gasteiger partial charge in [0.15, 0.2) is 0 Å². The summed E-state index contributed by atoms with van der Waals surface area (Å²) in [5.74, 6) is 0.667. The van der Waals surface area contributed by atoms with Crippen LogP contribution in [0.15, 0.2) is 5.51 Å². The van der Waals surface area contributed by atoms with Crippen LogP contribution in [0.3, 0.4) is 0 Å². The van der Waals surface area contributed by atoms with Gasteiger partial charge in [0.1, 0.15) is 4.88 Å². The lowest BCUT2D eigenvalue weighted by Crippen LogP contribution is -2.53. The van der Waals surface area contributed by atoms with Crippen LogP contribution in [-0.2, 0) is 9.59 Å². The van der Waals surface area contributed by atoms with E-state index in [0.717, 1.165) is 68.9 Å². The molecule has 0 unspecified atom stereocenters. The number of nitrogens with one attached hydrogen (secondary N) is 1. The lowest BCUT2D eigenvalue weighted by molar-refractivity contribution is -0.135. The van der Waals surface area contributed by atoms with Crippen molar-refractivity contribution in [2.75, 3.05) is 45.8 Å². The van der Waals surface area contributed by atoms with Gasteiger partial charge in [0, 0.05) is 38.8 Å². The van der Waals surface area contributed by atoms with E-state index in [1.165, 1.54) is 11.3 Å². The molecule has 9 heteroatoms. The first kappa shape index (κ1) is 21.2. The number of hydrogen-bond donors (Lipinski definition) is 1. The van der Waals surface area contributed by atoms with Gasteiger partial charge in [-0.15, -0.1) is 11.3 Å². The number of aromatic nitrogens is 1. The molecule has 30 heavy (non-hydrogen) atoms. The van der Waals surface area contributed by atoms with Gasteiger partial charge in [-0.1, -0.05) is 0 Å². The number of likely N-dealkylation sites (tertiary alicyclic amines) is 2. The van der Waals surface area contributed by atoms with Crippen molar-refractivity contribution in [3.8, 4) is 0 Å². The number of piperazine rings is 1. The third kappa shape index (κ3) is 4.67. The minimum absolute atomic E-state index is 0.00834. The molecule has 0 aromatic carbocycles. The molecule has 1 aromatic heterocycles. The van der Waals surface area contributed by atoms with Gasteiger partial charge in [0.25, 0.3) is 5.91 Å². The number of nitrogens with zero attached hydrogens (tertiary/aromatic N) is 4. The second-order valence-corrected chi connectivity index (χ2v) is 9.46. The Labute approximate surface area is 181 Å². The minimum atomic E-state index is -0.00834. The summed E-state index contributed by atoms with van der Waals surface area (Å²) in [4.78, 5) is 48.3. The van der Waals surface area contributed by atoms with E-state index in [4.69, 9.17) is 0 Å². The number of carbonyl (C=O) groups is 3. The molecule has 3 saturated heterocycles. The number of aryl methyl sites for hydroxylation is 1. The van der Waals surface area contributed by atoms with Crippen LogP contribution in [0.25, 0.3) is 0 Å². The summed E-state index contributed by atoms with van der Waals surface area (Å²) in [6.45, 7) is 6.15. The molecule has 4 heterocycles. The first-order valence-corrected chi connectivity index (χ1v) is 11.9. The molecule has 3 fully saturated rings. The first-order chi connectivity index (χ1) is 14.5. The Morgan fingerprint density at radius 2 is 1.97 bits per heavy atom. The molecular weight excluding hydrogens is 402 g/mol. The third-order valence-electron chi connectivity index (χ3n) is 6.66. The maximum atomic E-state index is 13.1. The van der Waals surface area contributed by atoms with E-state index in [0.29, 0.717) is 25.6 Å². The van der Waals surface area contributed by atoms with Crippen LogP contribution in [0.2, 0.25) is 0 Å². The summed E-state index contributed by atoms with van der Waals surface area (Å²) in [5.41, 5.74) is 2.57. The largest absolute Gasteiger partial charge is 0.354 e. The average Bonchev–Trinajstić information content (AvgIpc) is 3.19. The van der Waals surface area contributed by atoms with Crippen molar-refractivity contribution in [3.05, 3.63) is 16.1 Å². The Bertz CT molecular complexity index is 789. The van der Waals surface area contributed by atoms with E-state index in [1.807, 2.05) is 16.7 Å². The summed E-state index contributed by atoms with van der Waals surface area (Å²) in [6, 6.07) is 0.260. The van der Waals surface area contributed by atoms with E-state index < -0.39 is 0 Å². The van der Waals surface area contributed by atoms with Crippen molar-refractivity contribution in [3.63, 3.8) is 0 Å². The van der Waals surface area contributed by atoms with Crippen molar-refractivity contribution in [1.29, 1.82) is 0 Å². The third-order valence-corrected chi connectivity index (χ3v) is 7.58. The molecule has 1 N–H and O–H groups in total. The maximum absolute atomic E-state index is 13.1. The Balaban J connectivity index is 1.33. The van der Waals surface area contributed by atoms with Crippen LogP contribution in [0.4, 0.5) is 0 Å². The van der Waals surface area contributed by atoms with Crippen LogP contribution >= 0.6 is 11.3 Å². The SMILES string of the molecule is Cc1ncsc1C(=O)N1CCCC[C@@H]1C1CCN(C(=O)CN2CCNC(=O)C2)CC1. The minimum Gasteiger partial charge on any atom is -0.354 e. The average molecular weight is 434 g/mol. The fourth-order valence-electron chi connectivity index (χ4n) is 4.99. The van der Waals surface area contributed by atoms with Gasteiger partial charge in [0.05, 0.1) is 24.3 Å². The molecule has 0 saturated carbocycles. The van der Waals surface area contributed by atoms with Crippen LogP contribution in [-0.4, -0.2) is 89.3 Å². The fourth-order valence-corrected chi connectivity index (χ4v) is 5.75. The van der Waals surface area contributed by atoms with Gasteiger partial charge in [-0.2, -0.15) is 0 Å². The summed E-state index contributed by atoms with van der Waals surface area (Å²) in [6.07, 6.45) is 5.13. The van der Waals surface area contributed by atoms with Crippen LogP contribution in [0.5, 0.6) is 0 Å². The molecule has 4 rings (SSSR count). The Morgan fingerprint density at radius 1 is 1.17 bits per heavy atom. The normalized spacial score (nSPS) is 24.0. The van der Waals surface area contributed by atoms with Crippen molar-refractivity contribution >= 4 is 29.1 Å². The lowest BCUT2D eigenvalue weighted by atomic mass is 9.83. The van der Waals surface area contributed by atoms with Crippen LogP contribution in [0, 0.1) is 12.8 Å². The van der Waals surface area contributed by atoms with Crippen molar-refractivity contribution < 1.29 is 14.4 Å². The first-order valence-electron chi connectivity index (χ1n) is 11.0. The van der Waals surface area contributed by atoms with Crippen LogP contribution in [0.1, 0.15) is 47.5 Å². The second-order valence-electron chi connectivity index (χ2n) is 8.61. The van der Waals surface area contributed by atoms with E-state index in [9.17, 15) is 14.4 Å². The molecule has 0 aliphatic carbocycles. The van der Waals surface area contributed by atoms with Gasteiger partial charge in [0.2, 0.25) is 11.8 Å². The molecular formula is C21H31N5O3S.